The van der Waals surface area contributed by atoms with Gasteiger partial charge in [-0.2, -0.15) is 0 Å². The number of hydrogen-bond donors (Lipinski definition) is 0. The van der Waals surface area contributed by atoms with Crippen molar-refractivity contribution in [2.24, 2.45) is 0 Å². The standard InChI is InChI=1S/C12H8Br2Cl2S/c1-6-4-10(17-12(6)14)11(16)8-5-7(15)2-3-9(8)13/h2-5,11H,1H3. The highest BCUT2D eigenvalue weighted by Gasteiger charge is 2.17. The Labute approximate surface area is 131 Å². The van der Waals surface area contributed by atoms with Gasteiger partial charge in [0.1, 0.15) is 0 Å². The fourth-order valence-electron chi connectivity index (χ4n) is 1.47. The maximum atomic E-state index is 6.50. The average Bonchev–Trinajstić information content (AvgIpc) is 2.62. The zero-order valence-electron chi connectivity index (χ0n) is 8.81. The van der Waals surface area contributed by atoms with Crippen LogP contribution in [0, 0.1) is 6.92 Å². The Bertz CT molecular complexity index is 532. The second kappa shape index (κ2) is 5.62. The van der Waals surface area contributed by atoms with E-state index in [1.807, 2.05) is 18.2 Å². The summed E-state index contributed by atoms with van der Waals surface area (Å²) in [5.41, 5.74) is 2.20. The molecular formula is C12H8Br2Cl2S. The molecule has 17 heavy (non-hydrogen) atoms. The first-order valence-corrected chi connectivity index (χ1v) is 8.05. The van der Waals surface area contributed by atoms with Gasteiger partial charge in [-0.25, -0.2) is 0 Å². The van der Waals surface area contributed by atoms with Crippen LogP contribution in [0.15, 0.2) is 32.5 Å². The second-order valence-electron chi connectivity index (χ2n) is 3.63. The van der Waals surface area contributed by atoms with Gasteiger partial charge in [-0.15, -0.1) is 22.9 Å². The number of rotatable bonds is 2. The van der Waals surface area contributed by atoms with E-state index in [-0.39, 0.29) is 5.38 Å². The van der Waals surface area contributed by atoms with Crippen molar-refractivity contribution in [3.8, 4) is 0 Å². The van der Waals surface area contributed by atoms with Crippen molar-refractivity contribution in [2.75, 3.05) is 0 Å². The number of hydrogen-bond acceptors (Lipinski definition) is 1. The Balaban J connectivity index is 2.42. The van der Waals surface area contributed by atoms with E-state index >= 15 is 0 Å². The molecule has 0 saturated heterocycles. The monoisotopic (exact) mass is 412 g/mol. The lowest BCUT2D eigenvalue weighted by atomic mass is 10.1. The van der Waals surface area contributed by atoms with E-state index in [4.69, 9.17) is 23.2 Å². The summed E-state index contributed by atoms with van der Waals surface area (Å²) in [6, 6.07) is 7.75. The summed E-state index contributed by atoms with van der Waals surface area (Å²) in [6.07, 6.45) is 0. The zero-order valence-corrected chi connectivity index (χ0v) is 14.3. The minimum Gasteiger partial charge on any atom is -0.131 e. The van der Waals surface area contributed by atoms with Crippen LogP contribution in [0.3, 0.4) is 0 Å². The van der Waals surface area contributed by atoms with Gasteiger partial charge in [0.05, 0.1) is 9.16 Å². The molecule has 1 atom stereocenters. The smallest absolute Gasteiger partial charge is 0.0939 e. The Morgan fingerprint density at radius 2 is 1.94 bits per heavy atom. The molecule has 1 heterocycles. The van der Waals surface area contributed by atoms with Crippen molar-refractivity contribution in [3.63, 3.8) is 0 Å². The predicted octanol–water partition coefficient (Wildman–Crippen LogP) is 6.56. The first kappa shape index (κ1) is 13.9. The Hall–Kier alpha value is 0.460. The second-order valence-corrected chi connectivity index (χ2v) is 7.76. The van der Waals surface area contributed by atoms with Crippen molar-refractivity contribution in [3.05, 3.63) is 53.6 Å². The van der Waals surface area contributed by atoms with Crippen molar-refractivity contribution in [2.45, 2.75) is 12.3 Å². The minimum absolute atomic E-state index is 0.182. The van der Waals surface area contributed by atoms with Gasteiger partial charge in [-0.3, -0.25) is 0 Å². The van der Waals surface area contributed by atoms with Crippen molar-refractivity contribution >= 4 is 66.4 Å². The third-order valence-electron chi connectivity index (χ3n) is 2.36. The summed E-state index contributed by atoms with van der Waals surface area (Å²) in [4.78, 5) is 1.11. The number of alkyl halides is 1. The van der Waals surface area contributed by atoms with E-state index in [2.05, 4.69) is 44.8 Å². The summed E-state index contributed by atoms with van der Waals surface area (Å²) in [6.45, 7) is 2.06. The molecule has 0 amide bonds. The van der Waals surface area contributed by atoms with Crippen LogP contribution in [0.25, 0.3) is 0 Å². The van der Waals surface area contributed by atoms with Crippen molar-refractivity contribution < 1.29 is 0 Å². The Kier molecular flexibility index (Phi) is 4.59. The van der Waals surface area contributed by atoms with Gasteiger partial charge in [0.15, 0.2) is 0 Å². The van der Waals surface area contributed by atoms with E-state index in [1.165, 1.54) is 5.56 Å². The van der Waals surface area contributed by atoms with E-state index in [0.29, 0.717) is 5.02 Å². The molecular weight excluding hydrogens is 407 g/mol. The van der Waals surface area contributed by atoms with Crippen LogP contribution in [0.1, 0.15) is 21.4 Å². The van der Waals surface area contributed by atoms with Crippen molar-refractivity contribution in [1.82, 2.24) is 0 Å². The number of thiophene rings is 1. The van der Waals surface area contributed by atoms with Crippen LogP contribution in [-0.2, 0) is 0 Å². The highest BCUT2D eigenvalue weighted by molar-refractivity contribution is 9.11. The first-order chi connectivity index (χ1) is 7.99. The number of halogens is 4. The molecule has 2 aromatic rings. The summed E-state index contributed by atoms with van der Waals surface area (Å²) < 4.78 is 2.10. The van der Waals surface area contributed by atoms with Crippen LogP contribution in [-0.4, -0.2) is 0 Å². The number of benzene rings is 1. The fraction of sp³-hybridized carbons (Fsp3) is 0.167. The average molecular weight is 415 g/mol. The molecule has 0 fully saturated rings. The lowest BCUT2D eigenvalue weighted by Crippen LogP contribution is -1.91. The minimum atomic E-state index is -0.182. The van der Waals surface area contributed by atoms with Crippen LogP contribution in [0.5, 0.6) is 0 Å². The Morgan fingerprint density at radius 3 is 2.53 bits per heavy atom. The summed E-state index contributed by atoms with van der Waals surface area (Å²) >= 11 is 21.2. The van der Waals surface area contributed by atoms with Gasteiger partial charge in [0.25, 0.3) is 0 Å². The molecule has 0 bridgehead atoms. The predicted molar refractivity (Wildman–Crippen MR) is 83.6 cm³/mol. The van der Waals surface area contributed by atoms with Gasteiger partial charge in [-0.05, 0) is 58.2 Å². The van der Waals surface area contributed by atoms with Gasteiger partial charge >= 0.3 is 0 Å². The number of aryl methyl sites for hydroxylation is 1. The molecule has 1 aromatic heterocycles. The molecule has 0 radical (unpaired) electrons. The fourth-order valence-corrected chi connectivity index (χ4v) is 4.20. The molecule has 90 valence electrons. The maximum absolute atomic E-state index is 6.50. The lowest BCUT2D eigenvalue weighted by Gasteiger charge is -2.10. The third kappa shape index (κ3) is 3.07. The molecule has 5 heteroatoms. The van der Waals surface area contributed by atoms with E-state index in [9.17, 15) is 0 Å². The molecule has 0 aliphatic heterocycles. The summed E-state index contributed by atoms with van der Waals surface area (Å²) in [5.74, 6) is 0. The van der Waals surface area contributed by atoms with E-state index in [0.717, 1.165) is 18.7 Å². The molecule has 0 aliphatic carbocycles. The largest absolute Gasteiger partial charge is 0.131 e. The van der Waals surface area contributed by atoms with Crippen LogP contribution < -0.4 is 0 Å². The van der Waals surface area contributed by atoms with Gasteiger partial charge in [0, 0.05) is 14.4 Å². The third-order valence-corrected chi connectivity index (χ3v) is 6.12. The molecule has 0 aliphatic rings. The zero-order chi connectivity index (χ0) is 12.6. The molecule has 2 rings (SSSR count). The quantitative estimate of drug-likeness (QED) is 0.488. The highest BCUT2D eigenvalue weighted by atomic mass is 79.9. The lowest BCUT2D eigenvalue weighted by molar-refractivity contribution is 1.17. The maximum Gasteiger partial charge on any atom is 0.0939 e. The molecule has 0 spiro atoms. The normalized spacial score (nSPS) is 12.8. The molecule has 0 N–H and O–H groups in total. The Morgan fingerprint density at radius 1 is 1.24 bits per heavy atom. The topological polar surface area (TPSA) is 0 Å². The van der Waals surface area contributed by atoms with Gasteiger partial charge < -0.3 is 0 Å². The van der Waals surface area contributed by atoms with E-state index < -0.39 is 0 Å². The highest BCUT2D eigenvalue weighted by Crippen LogP contribution is 2.40. The van der Waals surface area contributed by atoms with Crippen molar-refractivity contribution in [1.29, 1.82) is 0 Å². The van der Waals surface area contributed by atoms with Crippen LogP contribution >= 0.6 is 66.4 Å². The molecule has 0 saturated carbocycles. The van der Waals surface area contributed by atoms with Crippen LogP contribution in [0.2, 0.25) is 5.02 Å². The molecule has 0 nitrogen and oxygen atoms in total. The SMILES string of the molecule is Cc1cc(C(Cl)c2cc(Cl)ccc2Br)sc1Br. The van der Waals surface area contributed by atoms with Gasteiger partial charge in [0.2, 0.25) is 0 Å². The molecule has 1 unspecified atom stereocenters. The summed E-state index contributed by atoms with van der Waals surface area (Å²) in [7, 11) is 0. The van der Waals surface area contributed by atoms with Gasteiger partial charge in [-0.1, -0.05) is 27.5 Å². The van der Waals surface area contributed by atoms with Crippen LogP contribution in [0.4, 0.5) is 0 Å². The first-order valence-electron chi connectivity index (χ1n) is 4.84. The molecule has 1 aromatic carbocycles. The summed E-state index contributed by atoms with van der Waals surface area (Å²) in [5, 5.41) is 0.513. The van der Waals surface area contributed by atoms with E-state index in [1.54, 1.807) is 11.3 Å².